The van der Waals surface area contributed by atoms with Gasteiger partial charge in [0, 0.05) is 107 Å². The summed E-state index contributed by atoms with van der Waals surface area (Å²) >= 11 is 0. The van der Waals surface area contributed by atoms with Gasteiger partial charge in [0.2, 0.25) is 53.2 Å². The van der Waals surface area contributed by atoms with E-state index >= 15 is 0 Å². The van der Waals surface area contributed by atoms with Gasteiger partial charge in [-0.25, -0.2) is 0 Å². The van der Waals surface area contributed by atoms with Gasteiger partial charge in [-0.15, -0.1) is 0 Å². The second-order valence-electron chi connectivity index (χ2n) is 36.5. The number of nitrogens with two attached hydrogens (primary N) is 5. The van der Waals surface area contributed by atoms with E-state index in [0.29, 0.717) is 19.3 Å². The van der Waals surface area contributed by atoms with E-state index in [1.165, 1.54) is 76.5 Å². The van der Waals surface area contributed by atoms with Crippen molar-refractivity contribution in [1.29, 1.82) is 16.2 Å². The molecule has 0 aromatic rings. The highest BCUT2D eigenvalue weighted by molar-refractivity contribution is 6.00. The van der Waals surface area contributed by atoms with Crippen LogP contribution in [0.15, 0.2) is 0 Å². The molecule has 0 spiro atoms. The molecule has 0 saturated carbocycles. The van der Waals surface area contributed by atoms with E-state index in [1.54, 1.807) is 13.8 Å². The minimum atomic E-state index is -1.46. The van der Waals surface area contributed by atoms with Gasteiger partial charge in [-0.3, -0.25) is 88.1 Å². The zero-order valence-corrected chi connectivity index (χ0v) is 76.6. The van der Waals surface area contributed by atoms with E-state index in [2.05, 4.69) is 54.8 Å². The summed E-state index contributed by atoms with van der Waals surface area (Å²) in [6, 6.07) is -7.76. The van der Waals surface area contributed by atoms with Crippen molar-refractivity contribution in [3.05, 3.63) is 0 Å². The van der Waals surface area contributed by atoms with Gasteiger partial charge in [-0.2, -0.15) is 0 Å². The van der Waals surface area contributed by atoms with Crippen molar-refractivity contribution in [3.8, 4) is 0 Å². The maximum Gasteiger partial charge on any atom is 0.240 e. The second kappa shape index (κ2) is 60.6. The van der Waals surface area contributed by atoms with Crippen molar-refractivity contribution in [2.24, 2.45) is 99.7 Å². The van der Waals surface area contributed by atoms with E-state index in [-0.39, 0.29) is 175 Å². The molecule has 1 saturated heterocycles. The number of unbranched alkanes of at least 4 members (excludes halogenated alkanes) is 12. The molecule has 0 aliphatic carbocycles. The molecule has 9 amide bonds. The number of nitrogens with zero attached hydrogens (tertiary/aromatic N) is 1. The molecule has 1 heterocycles. The molecular formula is C89H160N18O15. The predicted molar refractivity (Wildman–Crippen MR) is 475 cm³/mol. The maximum absolute atomic E-state index is 14.8. The van der Waals surface area contributed by atoms with Crippen molar-refractivity contribution in [2.75, 3.05) is 26.2 Å². The van der Waals surface area contributed by atoms with E-state index in [4.69, 9.17) is 44.9 Å². The first-order valence-electron chi connectivity index (χ1n) is 45.4. The molecule has 0 aromatic heterocycles. The van der Waals surface area contributed by atoms with E-state index < -0.39 is 186 Å². The minimum Gasteiger partial charge on any atom is -0.370 e. The van der Waals surface area contributed by atoms with Crippen LogP contribution in [0.3, 0.4) is 0 Å². The van der Waals surface area contributed by atoms with Crippen LogP contribution in [0.2, 0.25) is 0 Å². The highest BCUT2D eigenvalue weighted by atomic mass is 16.2. The molecule has 1 rings (SSSR count). The standard InChI is InChI=1S/C89H160N18O15/c1-16-17-18-19-20-21-22-23-24-25-26-27-28-37-78(115)106-79(58(12)13)76(113)48-63(35-31-40-100-89(96)97)86(122)107-41-32-36-70(107)75(112)52-66(57(10)11)85(121)102-60(15)72(109)49-65(51-77(90)114)83(119)101-59(14)71(108)46-61(33-29-38-98-87(92)93)81(117)103-67(43-54(4)5)73(110)47-62(34-30-39-99-88(94)95)82(118)104-68(44-55(6)7)74(111)50-64(42-53(2)3)84(120)105-69(80(91)116)45-56(8)9/h53-70,79H,16-52H2,1-15H3,(H2,90,114)(H2,91,116)(H,101,119)(H,102,121)(H,103,117)(H,104,118)(H,105,120)(H,106,115)(H4,92,93,98)(H4,94,95,99)(H4,96,97,100)/t59-,60-,61+,62+,63+,64+,65-,66-,67-,68-,69-,70-,79-/m0/s1. The summed E-state index contributed by atoms with van der Waals surface area (Å²) in [6.07, 6.45) is 14.8. The number of hydrogen-bond donors (Lipinski definition) is 17. The summed E-state index contributed by atoms with van der Waals surface area (Å²) in [5.74, 6) is -17.6. The lowest BCUT2D eigenvalue weighted by molar-refractivity contribution is -0.144. The van der Waals surface area contributed by atoms with Crippen LogP contribution in [0.1, 0.15) is 316 Å². The highest BCUT2D eigenvalue weighted by Gasteiger charge is 2.42. The Hall–Kier alpha value is -8.94. The number of hydrogen-bond acceptors (Lipinski definition) is 18. The normalized spacial score (nSPS) is 15.7. The smallest absolute Gasteiger partial charge is 0.240 e. The Bertz CT molecular complexity index is 3360. The molecule has 122 heavy (non-hydrogen) atoms. The maximum atomic E-state index is 14.8. The first kappa shape index (κ1) is 111. The summed E-state index contributed by atoms with van der Waals surface area (Å²) < 4.78 is 0. The van der Waals surface area contributed by atoms with Crippen LogP contribution in [0.25, 0.3) is 0 Å². The van der Waals surface area contributed by atoms with Crippen molar-refractivity contribution >= 4 is 106 Å². The molecule has 0 radical (unpaired) electrons. The van der Waals surface area contributed by atoms with Crippen LogP contribution in [-0.4, -0.2) is 179 Å². The molecule has 0 aromatic carbocycles. The molecular weight excluding hydrogens is 1560 g/mol. The van der Waals surface area contributed by atoms with Gasteiger partial charge < -0.3 is 81.4 Å². The fourth-order valence-corrected chi connectivity index (χ4v) is 15.6. The minimum absolute atomic E-state index is 0.00800. The molecule has 1 fully saturated rings. The average Bonchev–Trinajstić information content (AvgIpc) is 1.66. The van der Waals surface area contributed by atoms with Crippen molar-refractivity contribution < 1.29 is 71.9 Å². The Balaban J connectivity index is 3.44. The van der Waals surface area contributed by atoms with E-state index in [9.17, 15) is 71.9 Å². The molecule has 33 nitrogen and oxygen atoms in total. The number of amides is 9. The number of nitrogens with one attached hydrogen (secondary N) is 12. The lowest BCUT2D eigenvalue weighted by Crippen LogP contribution is -2.50. The summed E-state index contributed by atoms with van der Waals surface area (Å²) in [6.45, 7) is 27.6. The van der Waals surface area contributed by atoms with Crippen LogP contribution >= 0.6 is 0 Å². The molecule has 696 valence electrons. The molecule has 0 unspecified atom stereocenters. The molecule has 22 N–H and O–H groups in total. The summed E-state index contributed by atoms with van der Waals surface area (Å²) in [7, 11) is 0. The van der Waals surface area contributed by atoms with Crippen molar-refractivity contribution in [2.45, 2.75) is 358 Å². The second-order valence-corrected chi connectivity index (χ2v) is 36.5. The number of Topliss-reactive ketones (excluding diaryl/α,β-unsaturated/α-hetero) is 6. The summed E-state index contributed by atoms with van der Waals surface area (Å²) in [5.41, 5.74) is 28.0. The highest BCUT2D eigenvalue weighted by Crippen LogP contribution is 2.30. The summed E-state index contributed by atoms with van der Waals surface area (Å²) in [4.78, 5) is 213. The van der Waals surface area contributed by atoms with Crippen LogP contribution in [0.4, 0.5) is 0 Å². The SMILES string of the molecule is CCCCCCCCCCCCCCCC(=O)N[C@H](C(=O)C[C@@H](CCCNC(=N)N)C(=O)N1CCC[C@H]1C(=O)C[C@H](C(=O)N[C@@H](C)C(=O)C[C@@H](CC(N)=O)C(=O)N[C@@H](C)C(=O)C[C@@H](CCCNC(=N)N)C(=O)N[C@@H](CC(C)C)C(=O)C[C@@H](CCCNC(=N)N)C(=O)N[C@@H](CC(C)C)C(=O)C[C@@H](CC(C)C)C(=O)N[C@@H](CC(C)C)C(N)=O)C(C)C)C(C)C. The first-order valence-corrected chi connectivity index (χ1v) is 45.4. The summed E-state index contributed by atoms with van der Waals surface area (Å²) in [5, 5.41) is 47.8. The van der Waals surface area contributed by atoms with Gasteiger partial charge in [0.25, 0.3) is 0 Å². The number of carbonyl (C=O) groups excluding carboxylic acids is 15. The number of ketones is 6. The van der Waals surface area contributed by atoms with Crippen LogP contribution in [0, 0.1) is 87.2 Å². The molecule has 13 atom stereocenters. The number of rotatable bonds is 69. The lowest BCUT2D eigenvalue weighted by atomic mass is 9.86. The molecule has 33 heteroatoms. The third-order valence-corrected chi connectivity index (χ3v) is 22.6. The zero-order chi connectivity index (χ0) is 92.5. The Morgan fingerprint density at radius 2 is 0.738 bits per heavy atom. The van der Waals surface area contributed by atoms with Crippen LogP contribution < -0.4 is 76.5 Å². The molecule has 0 bridgehead atoms. The number of carbonyl (C=O) groups is 15. The number of likely N-dealkylation sites (tertiary alicyclic amines) is 1. The van der Waals surface area contributed by atoms with Gasteiger partial charge in [-0.1, -0.05) is 167 Å². The lowest BCUT2D eigenvalue weighted by Gasteiger charge is -2.31. The number of guanidine groups is 3. The van der Waals surface area contributed by atoms with Gasteiger partial charge in [-0.05, 0) is 133 Å². The largest absolute Gasteiger partial charge is 0.370 e. The zero-order valence-electron chi connectivity index (χ0n) is 76.6. The first-order chi connectivity index (χ1) is 57.3. The number of primary amides is 2. The van der Waals surface area contributed by atoms with Crippen molar-refractivity contribution in [1.82, 2.24) is 52.8 Å². The third-order valence-electron chi connectivity index (χ3n) is 22.6. The Morgan fingerprint density at radius 3 is 1.15 bits per heavy atom. The van der Waals surface area contributed by atoms with Crippen molar-refractivity contribution in [3.63, 3.8) is 0 Å². The van der Waals surface area contributed by atoms with Gasteiger partial charge in [0.1, 0.15) is 6.04 Å². The van der Waals surface area contributed by atoms with E-state index in [1.807, 2.05) is 69.2 Å². The average molecular weight is 1720 g/mol. The molecule has 1 aliphatic heterocycles. The Labute approximate surface area is 727 Å². The van der Waals surface area contributed by atoms with Gasteiger partial charge >= 0.3 is 0 Å². The quantitative estimate of drug-likeness (QED) is 0.0159. The Kier molecular flexibility index (Phi) is 55.1. The van der Waals surface area contributed by atoms with Gasteiger partial charge in [0.05, 0.1) is 42.2 Å². The predicted octanol–water partition coefficient (Wildman–Crippen LogP) is 7.51. The topological polar surface area (TPSA) is 569 Å². The Morgan fingerprint density at radius 1 is 0.369 bits per heavy atom. The van der Waals surface area contributed by atoms with E-state index in [0.717, 1.165) is 19.3 Å². The monoisotopic (exact) mass is 1720 g/mol. The third kappa shape index (κ3) is 47.1. The fraction of sp³-hybridized carbons (Fsp3) is 0.798. The molecule has 1 aliphatic rings. The van der Waals surface area contributed by atoms with Crippen LogP contribution in [0.5, 0.6) is 0 Å². The van der Waals surface area contributed by atoms with Crippen LogP contribution in [-0.2, 0) is 71.9 Å². The fourth-order valence-electron chi connectivity index (χ4n) is 15.6. The van der Waals surface area contributed by atoms with Gasteiger partial charge in [0.15, 0.2) is 52.6 Å².